The molecule has 7 aromatic rings. The van der Waals surface area contributed by atoms with E-state index in [9.17, 15) is 10.1 Å². The van der Waals surface area contributed by atoms with Crippen LogP contribution in [0.5, 0.6) is 0 Å². The number of aryl methyl sites for hydroxylation is 1. The van der Waals surface area contributed by atoms with Crippen LogP contribution in [0.4, 0.5) is 0 Å². The first-order valence-electron chi connectivity index (χ1n) is 17.6. The molecule has 0 N–H and O–H groups in total. The van der Waals surface area contributed by atoms with Gasteiger partial charge in [0.2, 0.25) is 0 Å². The van der Waals surface area contributed by atoms with Crippen molar-refractivity contribution in [2.24, 2.45) is 5.92 Å². The minimum atomic E-state index is -0.880. The Balaban J connectivity index is 1.33. The molecule has 0 aliphatic carbocycles. The predicted octanol–water partition coefficient (Wildman–Crippen LogP) is 8.75. The summed E-state index contributed by atoms with van der Waals surface area (Å²) in [5.41, 5.74) is 6.64. The molecule has 2 heterocycles. The second-order valence-corrected chi connectivity index (χ2v) is 13.2. The van der Waals surface area contributed by atoms with Crippen molar-refractivity contribution >= 4 is 5.78 Å². The van der Waals surface area contributed by atoms with E-state index in [0.29, 0.717) is 24.5 Å². The van der Waals surface area contributed by atoms with Crippen LogP contribution in [-0.2, 0) is 18.5 Å². The van der Waals surface area contributed by atoms with Crippen molar-refractivity contribution in [3.8, 4) is 28.6 Å². The number of rotatable bonds is 12. The molecule has 52 heavy (non-hydrogen) atoms. The highest BCUT2D eigenvalue weighted by Crippen LogP contribution is 2.43. The van der Waals surface area contributed by atoms with Gasteiger partial charge in [0.25, 0.3) is 0 Å². The van der Waals surface area contributed by atoms with Crippen LogP contribution in [-0.4, -0.2) is 35.5 Å². The SMILES string of the molecule is CCCc1nc(C(=O)C(C)C)c(C#N)n1Cc1ccc(-c2ccccc2-c2nnnn2C(c2ccccc2)(c2ccccc2)c2ccccc2)cc1. The van der Waals surface area contributed by atoms with E-state index in [1.165, 1.54) is 0 Å². The molecule has 0 unspecified atom stereocenters. The van der Waals surface area contributed by atoms with Crippen LogP contribution in [0.3, 0.4) is 0 Å². The van der Waals surface area contributed by atoms with Gasteiger partial charge in [0.1, 0.15) is 23.1 Å². The van der Waals surface area contributed by atoms with Gasteiger partial charge in [-0.1, -0.05) is 160 Å². The Morgan fingerprint density at radius 1 is 0.750 bits per heavy atom. The lowest BCUT2D eigenvalue weighted by Crippen LogP contribution is -2.39. The molecule has 0 aliphatic rings. The number of hydrogen-bond acceptors (Lipinski definition) is 6. The van der Waals surface area contributed by atoms with Gasteiger partial charge >= 0.3 is 0 Å². The number of carbonyl (C=O) groups is 1. The number of nitrogens with zero attached hydrogens (tertiary/aromatic N) is 7. The minimum Gasteiger partial charge on any atom is -0.315 e. The maximum Gasteiger partial charge on any atom is 0.186 e. The Kier molecular flexibility index (Phi) is 9.68. The van der Waals surface area contributed by atoms with Gasteiger partial charge in [-0.2, -0.15) is 5.26 Å². The largest absolute Gasteiger partial charge is 0.315 e. The van der Waals surface area contributed by atoms with Crippen LogP contribution in [0.2, 0.25) is 0 Å². The van der Waals surface area contributed by atoms with Crippen molar-refractivity contribution in [3.63, 3.8) is 0 Å². The highest BCUT2D eigenvalue weighted by atomic mass is 16.1. The van der Waals surface area contributed by atoms with E-state index in [1.54, 1.807) is 0 Å². The van der Waals surface area contributed by atoms with Crippen molar-refractivity contribution < 1.29 is 4.79 Å². The molecule has 8 nitrogen and oxygen atoms in total. The number of hydrogen-bond donors (Lipinski definition) is 0. The quantitative estimate of drug-likeness (QED) is 0.0944. The molecular formula is C44H39N7O. The lowest BCUT2D eigenvalue weighted by atomic mass is 9.77. The summed E-state index contributed by atoms with van der Waals surface area (Å²) in [5, 5.41) is 23.9. The molecule has 8 heteroatoms. The van der Waals surface area contributed by atoms with Gasteiger partial charge in [-0.15, -0.1) is 5.10 Å². The van der Waals surface area contributed by atoms with Crippen LogP contribution < -0.4 is 0 Å². The summed E-state index contributed by atoms with van der Waals surface area (Å²) in [6.45, 7) is 6.18. The Hall–Kier alpha value is -6.46. The molecule has 0 fully saturated rings. The summed E-state index contributed by atoms with van der Waals surface area (Å²) in [6, 6.07) is 49.9. The molecule has 0 atom stereocenters. The van der Waals surface area contributed by atoms with Crippen LogP contribution in [0.1, 0.15) is 71.5 Å². The summed E-state index contributed by atoms with van der Waals surface area (Å²) in [5.74, 6) is 1.02. The number of Topliss-reactive ketones (excluding diaryl/α,β-unsaturated/α-hetero) is 1. The third-order valence-electron chi connectivity index (χ3n) is 9.52. The van der Waals surface area contributed by atoms with Gasteiger partial charge in [0, 0.05) is 17.9 Å². The summed E-state index contributed by atoms with van der Waals surface area (Å²) in [6.07, 6.45) is 1.53. The zero-order valence-corrected chi connectivity index (χ0v) is 29.5. The van der Waals surface area contributed by atoms with E-state index < -0.39 is 5.54 Å². The molecule has 7 rings (SSSR count). The number of tetrazole rings is 1. The Morgan fingerprint density at radius 2 is 1.29 bits per heavy atom. The third kappa shape index (κ3) is 6.11. The van der Waals surface area contributed by atoms with E-state index in [0.717, 1.165) is 51.2 Å². The fourth-order valence-corrected chi connectivity index (χ4v) is 7.03. The van der Waals surface area contributed by atoms with Crippen molar-refractivity contribution in [2.45, 2.75) is 45.7 Å². The molecule has 5 aromatic carbocycles. The first-order chi connectivity index (χ1) is 25.5. The lowest BCUT2D eigenvalue weighted by Gasteiger charge is -2.36. The molecule has 0 saturated heterocycles. The summed E-state index contributed by atoms with van der Waals surface area (Å²) in [7, 11) is 0. The van der Waals surface area contributed by atoms with Crippen molar-refractivity contribution in [1.29, 1.82) is 5.26 Å². The topological polar surface area (TPSA) is 102 Å². The lowest BCUT2D eigenvalue weighted by molar-refractivity contribution is 0.0934. The normalized spacial score (nSPS) is 11.4. The van der Waals surface area contributed by atoms with E-state index in [-0.39, 0.29) is 17.4 Å². The predicted molar refractivity (Wildman–Crippen MR) is 203 cm³/mol. The Morgan fingerprint density at radius 3 is 1.81 bits per heavy atom. The van der Waals surface area contributed by atoms with Gasteiger partial charge in [0.05, 0.1) is 6.54 Å². The molecule has 256 valence electrons. The third-order valence-corrected chi connectivity index (χ3v) is 9.52. The smallest absolute Gasteiger partial charge is 0.186 e. The maximum absolute atomic E-state index is 13.0. The molecule has 0 aliphatic heterocycles. The summed E-state index contributed by atoms with van der Waals surface area (Å²) in [4.78, 5) is 17.6. The second kappa shape index (κ2) is 14.8. The Bertz CT molecular complexity index is 2240. The van der Waals surface area contributed by atoms with E-state index >= 15 is 0 Å². The number of benzene rings is 5. The van der Waals surface area contributed by atoms with Gasteiger partial charge in [-0.05, 0) is 50.2 Å². The number of ketones is 1. The van der Waals surface area contributed by atoms with Crippen LogP contribution in [0.15, 0.2) is 140 Å². The van der Waals surface area contributed by atoms with Crippen molar-refractivity contribution in [1.82, 2.24) is 29.8 Å². The van der Waals surface area contributed by atoms with E-state index in [2.05, 4.69) is 96.0 Å². The fourth-order valence-electron chi connectivity index (χ4n) is 7.03. The highest BCUT2D eigenvalue weighted by molar-refractivity contribution is 5.97. The average molecular weight is 682 g/mol. The van der Waals surface area contributed by atoms with E-state index in [1.807, 2.05) is 89.8 Å². The van der Waals surface area contributed by atoms with Gasteiger partial charge < -0.3 is 4.57 Å². The summed E-state index contributed by atoms with van der Waals surface area (Å²) >= 11 is 0. The van der Waals surface area contributed by atoms with Gasteiger partial charge in [0.15, 0.2) is 17.3 Å². The molecular weight excluding hydrogens is 643 g/mol. The van der Waals surface area contributed by atoms with Crippen LogP contribution in [0.25, 0.3) is 22.5 Å². The Labute approximate surface area is 304 Å². The van der Waals surface area contributed by atoms with Gasteiger partial charge in [-0.3, -0.25) is 4.79 Å². The van der Waals surface area contributed by atoms with Crippen molar-refractivity contribution in [2.75, 3.05) is 0 Å². The standard InChI is InChI=1S/C44H39N7O/c1-4-16-40-46-41(42(52)31(2)3)39(29-45)50(40)30-32-25-27-33(28-26-32)37-23-14-15-24-38(37)43-47-48-49-51(43)44(34-17-8-5-9-18-34,35-19-10-6-11-20-35)36-21-12-7-13-22-36/h5-15,17-28,31H,4,16,30H2,1-3H3. The molecule has 0 spiro atoms. The molecule has 2 aromatic heterocycles. The average Bonchev–Trinajstić information content (AvgIpc) is 3.82. The van der Waals surface area contributed by atoms with Gasteiger partial charge in [-0.25, -0.2) is 9.67 Å². The van der Waals surface area contributed by atoms with Crippen molar-refractivity contribution in [3.05, 3.63) is 179 Å². The monoisotopic (exact) mass is 681 g/mol. The molecule has 0 saturated carbocycles. The fraction of sp³-hybridized carbons (Fsp3) is 0.182. The van der Waals surface area contributed by atoms with Crippen LogP contribution in [0, 0.1) is 17.2 Å². The molecule has 0 radical (unpaired) electrons. The van der Waals surface area contributed by atoms with E-state index in [4.69, 9.17) is 10.3 Å². The first kappa shape index (κ1) is 34.0. The summed E-state index contributed by atoms with van der Waals surface area (Å²) < 4.78 is 3.85. The highest BCUT2D eigenvalue weighted by Gasteiger charge is 2.42. The number of carbonyl (C=O) groups excluding carboxylic acids is 1. The first-order valence-corrected chi connectivity index (χ1v) is 17.6. The molecule has 0 bridgehead atoms. The maximum atomic E-state index is 13.0. The molecule has 0 amide bonds. The number of nitriles is 1. The second-order valence-electron chi connectivity index (χ2n) is 13.2. The zero-order valence-electron chi connectivity index (χ0n) is 29.5. The number of imidazole rings is 1. The number of aromatic nitrogens is 6. The zero-order chi connectivity index (χ0) is 36.1. The van der Waals surface area contributed by atoms with Crippen LogP contribution >= 0.6 is 0 Å². The minimum absolute atomic E-state index is 0.113.